The Labute approximate surface area is 193 Å². The minimum atomic E-state index is -1.29. The normalized spacial score (nSPS) is 19.0. The third kappa shape index (κ3) is 5.52. The highest BCUT2D eigenvalue weighted by atomic mass is 35.5. The maximum absolute atomic E-state index is 12.6. The summed E-state index contributed by atoms with van der Waals surface area (Å²) in [7, 11) is 0. The van der Waals surface area contributed by atoms with Crippen molar-refractivity contribution in [1.82, 2.24) is 10.2 Å². The molecule has 0 aromatic heterocycles. The van der Waals surface area contributed by atoms with Crippen molar-refractivity contribution in [3.63, 3.8) is 0 Å². The molecule has 13 heteroatoms. The molecule has 1 aromatic carbocycles. The summed E-state index contributed by atoms with van der Waals surface area (Å²) in [5.41, 5.74) is 10.0. The van der Waals surface area contributed by atoms with Crippen LogP contribution in [0.4, 0.5) is 0 Å². The van der Waals surface area contributed by atoms with E-state index in [0.29, 0.717) is 5.57 Å². The number of ether oxygens (including phenoxy) is 1. The Morgan fingerprint density at radius 1 is 1.31 bits per heavy atom. The third-order valence-electron chi connectivity index (χ3n) is 4.72. The molecule has 1 fully saturated rings. The van der Waals surface area contributed by atoms with Crippen LogP contribution in [-0.2, 0) is 36.9 Å². The van der Waals surface area contributed by atoms with Gasteiger partial charge in [-0.15, -0.1) is 24.2 Å². The number of hydrogen-bond donors (Lipinski definition) is 2. The summed E-state index contributed by atoms with van der Waals surface area (Å²) >= 11 is 1.30. The number of nitrogens with zero attached hydrogens (tertiary/aromatic N) is 4. The summed E-state index contributed by atoms with van der Waals surface area (Å²) in [5.74, 6) is -2.45. The second kappa shape index (κ2) is 10.9. The van der Waals surface area contributed by atoms with E-state index in [-0.39, 0.29) is 49.3 Å². The number of β-lactam (4-membered cyclic amide) rings is 1. The van der Waals surface area contributed by atoms with Gasteiger partial charge in [-0.2, -0.15) is 0 Å². The van der Waals surface area contributed by atoms with Crippen molar-refractivity contribution < 1.29 is 29.0 Å². The molecular formula is C19H20ClN5O6S. The number of thioether (sulfide) groups is 1. The Morgan fingerprint density at radius 2 is 1.97 bits per heavy atom. The molecule has 0 bridgehead atoms. The van der Waals surface area contributed by atoms with E-state index in [1.165, 1.54) is 18.7 Å². The summed E-state index contributed by atoms with van der Waals surface area (Å²) in [6.45, 7) is 1.23. The number of amides is 2. The summed E-state index contributed by atoms with van der Waals surface area (Å²) < 4.78 is 4.89. The molecule has 2 amide bonds. The zero-order valence-corrected chi connectivity index (χ0v) is 18.5. The fraction of sp³-hybridized carbons (Fsp3) is 0.368. The minimum Gasteiger partial charge on any atom is -0.477 e. The SMILES string of the molecule is CC(=O)OCC1=C(C(=O)O)N2C(=O)C(NC(=O)Cc3ccc(CN=[N+]=[N-])cc3)C2SC1.Cl. The van der Waals surface area contributed by atoms with Crippen LogP contribution < -0.4 is 5.32 Å². The number of carboxylic acid groups (broad SMARTS) is 1. The fourth-order valence-electron chi connectivity index (χ4n) is 3.27. The molecule has 32 heavy (non-hydrogen) atoms. The number of carboxylic acids is 1. The molecule has 0 spiro atoms. The lowest BCUT2D eigenvalue weighted by Gasteiger charge is -2.49. The lowest BCUT2D eigenvalue weighted by atomic mass is 10.0. The monoisotopic (exact) mass is 481 g/mol. The Balaban J connectivity index is 0.00000363. The second-order valence-electron chi connectivity index (χ2n) is 6.87. The number of carbonyl (C=O) groups is 4. The van der Waals surface area contributed by atoms with E-state index in [1.807, 2.05) is 0 Å². The molecule has 2 aliphatic heterocycles. The van der Waals surface area contributed by atoms with Crippen molar-refractivity contribution in [3.05, 3.63) is 57.1 Å². The van der Waals surface area contributed by atoms with Gasteiger partial charge in [0.1, 0.15) is 23.7 Å². The van der Waals surface area contributed by atoms with Crippen LogP contribution in [0.3, 0.4) is 0 Å². The molecule has 0 saturated carbocycles. The van der Waals surface area contributed by atoms with E-state index in [0.717, 1.165) is 16.0 Å². The van der Waals surface area contributed by atoms with Gasteiger partial charge in [0.2, 0.25) is 5.91 Å². The summed E-state index contributed by atoms with van der Waals surface area (Å²) in [6, 6.07) is 6.14. The second-order valence-corrected chi connectivity index (χ2v) is 7.98. The van der Waals surface area contributed by atoms with E-state index in [4.69, 9.17) is 10.3 Å². The zero-order chi connectivity index (χ0) is 22.5. The molecular weight excluding hydrogens is 462 g/mol. The van der Waals surface area contributed by atoms with Gasteiger partial charge in [-0.05, 0) is 16.7 Å². The maximum atomic E-state index is 12.6. The Hall–Kier alpha value is -3.21. The van der Waals surface area contributed by atoms with Crippen LogP contribution in [0.25, 0.3) is 10.4 Å². The molecule has 2 heterocycles. The van der Waals surface area contributed by atoms with Crippen LogP contribution in [0, 0.1) is 0 Å². The average Bonchev–Trinajstić information content (AvgIpc) is 2.74. The molecule has 2 unspecified atom stereocenters. The van der Waals surface area contributed by atoms with Crippen LogP contribution in [0.1, 0.15) is 18.1 Å². The average molecular weight is 482 g/mol. The predicted octanol–water partition coefficient (Wildman–Crippen LogP) is 1.76. The summed E-state index contributed by atoms with van der Waals surface area (Å²) in [5, 5.41) is 15.1. The van der Waals surface area contributed by atoms with E-state index in [9.17, 15) is 24.3 Å². The number of halogens is 1. The third-order valence-corrected chi connectivity index (χ3v) is 6.06. The van der Waals surface area contributed by atoms with E-state index >= 15 is 0 Å². The lowest BCUT2D eigenvalue weighted by molar-refractivity contribution is -0.151. The number of esters is 1. The molecule has 170 valence electrons. The van der Waals surface area contributed by atoms with Gasteiger partial charge in [0, 0.05) is 23.2 Å². The van der Waals surface area contributed by atoms with Crippen molar-refractivity contribution in [2.24, 2.45) is 5.11 Å². The number of hydrogen-bond acceptors (Lipinski definition) is 7. The number of aliphatic carboxylic acids is 1. The summed E-state index contributed by atoms with van der Waals surface area (Å²) in [4.78, 5) is 51.5. The van der Waals surface area contributed by atoms with Gasteiger partial charge in [-0.1, -0.05) is 29.4 Å². The molecule has 0 aliphatic carbocycles. The summed E-state index contributed by atoms with van der Waals surface area (Å²) in [6.07, 6.45) is 0.0439. The van der Waals surface area contributed by atoms with Crippen LogP contribution in [0.15, 0.2) is 40.6 Å². The quantitative estimate of drug-likeness (QED) is 0.188. The van der Waals surface area contributed by atoms with Crippen LogP contribution in [0.5, 0.6) is 0 Å². The van der Waals surface area contributed by atoms with E-state index < -0.39 is 29.3 Å². The Morgan fingerprint density at radius 3 is 2.56 bits per heavy atom. The van der Waals surface area contributed by atoms with Crippen molar-refractivity contribution in [3.8, 4) is 0 Å². The van der Waals surface area contributed by atoms with Gasteiger partial charge < -0.3 is 15.2 Å². The molecule has 2 N–H and O–H groups in total. The first-order chi connectivity index (χ1) is 14.8. The van der Waals surface area contributed by atoms with Crippen LogP contribution in [-0.4, -0.2) is 57.5 Å². The number of carbonyl (C=O) groups excluding carboxylic acids is 3. The molecule has 1 saturated heterocycles. The first-order valence-electron chi connectivity index (χ1n) is 9.23. The smallest absolute Gasteiger partial charge is 0.352 e. The van der Waals surface area contributed by atoms with Crippen LogP contribution >= 0.6 is 24.2 Å². The highest BCUT2D eigenvalue weighted by Gasteiger charge is 2.54. The number of nitrogens with one attached hydrogen (secondary N) is 1. The predicted molar refractivity (Wildman–Crippen MR) is 117 cm³/mol. The standard InChI is InChI=1S/C19H19N5O6S.ClH/c1-10(25)30-8-13-9-31-18-15(17(27)24(18)16(13)19(28)29)22-14(26)6-11-2-4-12(5-3-11)7-21-23-20;/h2-5,15,18H,6-9H2,1H3,(H,22,26)(H,28,29);1H. The van der Waals surface area contributed by atoms with Gasteiger partial charge >= 0.3 is 11.9 Å². The Bertz CT molecular complexity index is 1010. The highest BCUT2D eigenvalue weighted by Crippen LogP contribution is 2.40. The molecule has 2 atom stereocenters. The van der Waals surface area contributed by atoms with Gasteiger partial charge in [-0.25, -0.2) is 4.79 Å². The van der Waals surface area contributed by atoms with E-state index in [1.54, 1.807) is 24.3 Å². The highest BCUT2D eigenvalue weighted by molar-refractivity contribution is 8.00. The van der Waals surface area contributed by atoms with E-state index in [2.05, 4.69) is 15.3 Å². The zero-order valence-electron chi connectivity index (χ0n) is 16.9. The van der Waals surface area contributed by atoms with Crippen molar-refractivity contribution >= 4 is 47.9 Å². The topological polar surface area (TPSA) is 162 Å². The lowest BCUT2D eigenvalue weighted by Crippen LogP contribution is -2.70. The molecule has 0 radical (unpaired) electrons. The number of azide groups is 1. The molecule has 3 rings (SSSR count). The number of rotatable bonds is 8. The number of benzene rings is 1. The van der Waals surface area contributed by atoms with Crippen molar-refractivity contribution in [2.75, 3.05) is 12.4 Å². The molecule has 2 aliphatic rings. The van der Waals surface area contributed by atoms with Gasteiger partial charge in [-0.3, -0.25) is 19.3 Å². The number of fused-ring (bicyclic) bond motifs is 1. The molecule has 11 nitrogen and oxygen atoms in total. The van der Waals surface area contributed by atoms with Crippen molar-refractivity contribution in [2.45, 2.75) is 31.3 Å². The molecule has 1 aromatic rings. The fourth-order valence-corrected chi connectivity index (χ4v) is 4.60. The Kier molecular flexibility index (Phi) is 8.53. The van der Waals surface area contributed by atoms with Gasteiger partial charge in [0.25, 0.3) is 5.91 Å². The van der Waals surface area contributed by atoms with Gasteiger partial charge in [0.05, 0.1) is 13.0 Å². The first kappa shape index (κ1) is 25.1. The largest absolute Gasteiger partial charge is 0.477 e. The van der Waals surface area contributed by atoms with Crippen LogP contribution in [0.2, 0.25) is 0 Å². The minimum absolute atomic E-state index is 0. The first-order valence-corrected chi connectivity index (χ1v) is 10.3. The van der Waals surface area contributed by atoms with Gasteiger partial charge in [0.15, 0.2) is 0 Å². The van der Waals surface area contributed by atoms with Crippen molar-refractivity contribution in [1.29, 1.82) is 0 Å². The maximum Gasteiger partial charge on any atom is 0.352 e.